The van der Waals surface area contributed by atoms with Gasteiger partial charge in [-0.05, 0) is 58.6 Å². The van der Waals surface area contributed by atoms with E-state index in [-0.39, 0.29) is 24.1 Å². The summed E-state index contributed by atoms with van der Waals surface area (Å²) in [6.07, 6.45) is 6.50. The number of carbonyl (C=O) groups excluding carboxylic acids is 2. The van der Waals surface area contributed by atoms with E-state index >= 15 is 0 Å². The molecule has 0 spiro atoms. The molecule has 4 rings (SSSR count). The molecular formula is C24H30N6O3. The van der Waals surface area contributed by atoms with E-state index in [4.69, 9.17) is 4.74 Å². The van der Waals surface area contributed by atoms with Crippen LogP contribution in [0.1, 0.15) is 56.8 Å². The molecule has 1 fully saturated rings. The lowest BCUT2D eigenvalue weighted by atomic mass is 9.91. The number of hydrogen-bond donors (Lipinski definition) is 3. The molecule has 0 atom stereocenters. The van der Waals surface area contributed by atoms with E-state index in [1.165, 1.54) is 0 Å². The first-order valence-electron chi connectivity index (χ1n) is 11.2. The first-order valence-corrected chi connectivity index (χ1v) is 11.2. The van der Waals surface area contributed by atoms with Gasteiger partial charge in [0.2, 0.25) is 0 Å². The minimum atomic E-state index is -0.506. The van der Waals surface area contributed by atoms with Crippen molar-refractivity contribution in [2.24, 2.45) is 0 Å². The highest BCUT2D eigenvalue weighted by Gasteiger charge is 2.25. The van der Waals surface area contributed by atoms with Crippen LogP contribution in [-0.4, -0.2) is 44.3 Å². The lowest BCUT2D eigenvalue weighted by Crippen LogP contribution is -2.42. The summed E-state index contributed by atoms with van der Waals surface area (Å²) < 4.78 is 7.01. The maximum Gasteiger partial charge on any atom is 0.407 e. The van der Waals surface area contributed by atoms with Crippen molar-refractivity contribution in [1.29, 1.82) is 0 Å². The Morgan fingerprint density at radius 1 is 1.06 bits per heavy atom. The summed E-state index contributed by atoms with van der Waals surface area (Å²) in [6, 6.07) is 11.2. The highest BCUT2D eigenvalue weighted by Crippen LogP contribution is 2.25. The maximum absolute atomic E-state index is 12.7. The molecule has 1 aliphatic rings. The summed E-state index contributed by atoms with van der Waals surface area (Å²) in [5, 5.41) is 14.0. The van der Waals surface area contributed by atoms with Crippen LogP contribution in [-0.2, 0) is 4.74 Å². The zero-order valence-corrected chi connectivity index (χ0v) is 19.2. The van der Waals surface area contributed by atoms with E-state index in [1.54, 1.807) is 29.0 Å². The zero-order valence-electron chi connectivity index (χ0n) is 19.2. The third-order valence-corrected chi connectivity index (χ3v) is 5.44. The Morgan fingerprint density at radius 3 is 2.45 bits per heavy atom. The number of anilines is 2. The molecule has 0 unspecified atom stereocenters. The van der Waals surface area contributed by atoms with Gasteiger partial charge in [0, 0.05) is 36.1 Å². The van der Waals surface area contributed by atoms with E-state index in [1.807, 2.05) is 45.0 Å². The second-order valence-electron chi connectivity index (χ2n) is 9.30. The Balaban J connectivity index is 1.38. The SMILES string of the molecule is CC(C)(C)OC(=O)NC1CCC(Nc2cc(NC(=O)c3ccccc3)c3nccn3n2)CC1. The van der Waals surface area contributed by atoms with E-state index in [9.17, 15) is 9.59 Å². The molecule has 1 saturated carbocycles. The molecule has 0 aliphatic heterocycles. The predicted molar refractivity (Wildman–Crippen MR) is 126 cm³/mol. The van der Waals surface area contributed by atoms with Crippen LogP contribution in [0.15, 0.2) is 48.8 Å². The number of amides is 2. The third kappa shape index (κ3) is 6.00. The average Bonchev–Trinajstić information content (AvgIpc) is 3.23. The lowest BCUT2D eigenvalue weighted by molar-refractivity contribution is 0.0492. The van der Waals surface area contributed by atoms with Crippen LogP contribution in [0.4, 0.5) is 16.3 Å². The van der Waals surface area contributed by atoms with Crippen molar-refractivity contribution in [3.8, 4) is 0 Å². The van der Waals surface area contributed by atoms with Gasteiger partial charge in [0.05, 0.1) is 5.69 Å². The number of hydrogen-bond acceptors (Lipinski definition) is 6. The Labute approximate surface area is 192 Å². The molecular weight excluding hydrogens is 420 g/mol. The fraction of sp³-hybridized carbons (Fsp3) is 0.417. The molecule has 2 heterocycles. The van der Waals surface area contributed by atoms with Gasteiger partial charge in [-0.25, -0.2) is 14.3 Å². The number of nitrogens with zero attached hydrogens (tertiary/aromatic N) is 3. The number of fused-ring (bicyclic) bond motifs is 1. The molecule has 1 aromatic carbocycles. The van der Waals surface area contributed by atoms with Gasteiger partial charge in [-0.15, -0.1) is 5.10 Å². The first kappa shape index (κ1) is 22.6. The molecule has 2 amide bonds. The van der Waals surface area contributed by atoms with Gasteiger partial charge in [0.1, 0.15) is 11.4 Å². The Morgan fingerprint density at radius 2 is 1.76 bits per heavy atom. The van der Waals surface area contributed by atoms with Crippen molar-refractivity contribution in [2.45, 2.75) is 64.1 Å². The molecule has 2 aromatic heterocycles. The number of alkyl carbamates (subject to hydrolysis) is 1. The topological polar surface area (TPSA) is 110 Å². The minimum Gasteiger partial charge on any atom is -0.444 e. The second kappa shape index (κ2) is 9.48. The number of ether oxygens (including phenoxy) is 1. The normalized spacial score (nSPS) is 18.5. The van der Waals surface area contributed by atoms with Crippen molar-refractivity contribution in [3.63, 3.8) is 0 Å². The summed E-state index contributed by atoms with van der Waals surface area (Å²) in [5.41, 5.74) is 1.24. The fourth-order valence-electron chi connectivity index (χ4n) is 3.93. The van der Waals surface area contributed by atoms with Crippen LogP contribution in [0.5, 0.6) is 0 Å². The van der Waals surface area contributed by atoms with Gasteiger partial charge in [-0.3, -0.25) is 4.79 Å². The van der Waals surface area contributed by atoms with Crippen molar-refractivity contribution in [2.75, 3.05) is 10.6 Å². The molecule has 33 heavy (non-hydrogen) atoms. The van der Waals surface area contributed by atoms with Crippen LogP contribution in [0.25, 0.3) is 5.65 Å². The fourth-order valence-corrected chi connectivity index (χ4v) is 3.93. The monoisotopic (exact) mass is 450 g/mol. The quantitative estimate of drug-likeness (QED) is 0.537. The van der Waals surface area contributed by atoms with Gasteiger partial charge >= 0.3 is 6.09 Å². The molecule has 1 aliphatic carbocycles. The van der Waals surface area contributed by atoms with Crippen LogP contribution >= 0.6 is 0 Å². The van der Waals surface area contributed by atoms with Crippen LogP contribution in [0.3, 0.4) is 0 Å². The van der Waals surface area contributed by atoms with Gasteiger partial charge in [-0.2, -0.15) is 0 Å². The van der Waals surface area contributed by atoms with Crippen molar-refractivity contribution >= 4 is 29.2 Å². The molecule has 174 valence electrons. The van der Waals surface area contributed by atoms with Gasteiger partial charge in [-0.1, -0.05) is 18.2 Å². The lowest BCUT2D eigenvalue weighted by Gasteiger charge is -2.30. The first-order chi connectivity index (χ1) is 15.8. The summed E-state index contributed by atoms with van der Waals surface area (Å²) in [4.78, 5) is 29.0. The molecule has 0 bridgehead atoms. The Bertz CT molecular complexity index is 1110. The number of carbonyl (C=O) groups is 2. The smallest absolute Gasteiger partial charge is 0.407 e. The standard InChI is InChI=1S/C24H30N6O3/c1-24(2,3)33-23(32)27-18-11-9-17(10-12-18)26-20-15-19(21-25-13-14-30(21)29-20)28-22(31)16-7-5-4-6-8-16/h4-8,13-15,17-18H,9-12H2,1-3H3,(H,26,29)(H,27,32)(H,28,31). The summed E-state index contributed by atoms with van der Waals surface area (Å²) in [5.74, 6) is 0.457. The van der Waals surface area contributed by atoms with Crippen LogP contribution in [0.2, 0.25) is 0 Å². The van der Waals surface area contributed by atoms with E-state index in [2.05, 4.69) is 26.0 Å². The van der Waals surface area contributed by atoms with E-state index in [0.29, 0.717) is 22.7 Å². The minimum absolute atomic E-state index is 0.0997. The second-order valence-corrected chi connectivity index (χ2v) is 9.30. The summed E-state index contributed by atoms with van der Waals surface area (Å²) in [7, 11) is 0. The van der Waals surface area contributed by atoms with E-state index < -0.39 is 5.60 Å². The molecule has 3 N–H and O–H groups in total. The highest BCUT2D eigenvalue weighted by molar-refractivity contribution is 6.06. The highest BCUT2D eigenvalue weighted by atomic mass is 16.6. The maximum atomic E-state index is 12.7. The summed E-state index contributed by atoms with van der Waals surface area (Å²) in [6.45, 7) is 5.57. The third-order valence-electron chi connectivity index (χ3n) is 5.44. The molecule has 0 saturated heterocycles. The van der Waals surface area contributed by atoms with Crippen LogP contribution < -0.4 is 16.0 Å². The number of nitrogens with one attached hydrogen (secondary N) is 3. The number of rotatable bonds is 5. The van der Waals surface area contributed by atoms with Crippen molar-refractivity contribution in [1.82, 2.24) is 19.9 Å². The Hall–Kier alpha value is -3.62. The summed E-state index contributed by atoms with van der Waals surface area (Å²) >= 11 is 0. The average molecular weight is 451 g/mol. The largest absolute Gasteiger partial charge is 0.444 e. The number of benzene rings is 1. The number of imidazole rings is 1. The van der Waals surface area contributed by atoms with Gasteiger partial charge < -0.3 is 20.7 Å². The van der Waals surface area contributed by atoms with Crippen molar-refractivity contribution in [3.05, 3.63) is 54.4 Å². The zero-order chi connectivity index (χ0) is 23.4. The molecule has 9 heteroatoms. The Kier molecular flexibility index (Phi) is 6.48. The van der Waals surface area contributed by atoms with Crippen molar-refractivity contribution < 1.29 is 14.3 Å². The van der Waals surface area contributed by atoms with E-state index in [0.717, 1.165) is 25.7 Å². The predicted octanol–water partition coefficient (Wildman–Crippen LogP) is 4.23. The van der Waals surface area contributed by atoms with Gasteiger partial charge in [0.15, 0.2) is 5.65 Å². The number of aromatic nitrogens is 3. The van der Waals surface area contributed by atoms with Crippen LogP contribution in [0, 0.1) is 0 Å². The molecule has 0 radical (unpaired) electrons. The van der Waals surface area contributed by atoms with Gasteiger partial charge in [0.25, 0.3) is 5.91 Å². The molecule has 3 aromatic rings. The molecule has 9 nitrogen and oxygen atoms in total.